The zero-order chi connectivity index (χ0) is 16.2. The number of aromatic nitrogens is 1. The lowest BCUT2D eigenvalue weighted by molar-refractivity contribution is -0.119. The molecule has 0 saturated heterocycles. The average molecular weight is 297 g/mol. The van der Waals surface area contributed by atoms with E-state index in [1.54, 1.807) is 12.4 Å². The van der Waals surface area contributed by atoms with Crippen LogP contribution in [0.2, 0.25) is 0 Å². The number of benzene rings is 1. The molecule has 1 heterocycles. The molecule has 0 unspecified atom stereocenters. The molecule has 1 amide bonds. The number of nitrogens with two attached hydrogens (primary N) is 1. The van der Waals surface area contributed by atoms with Crippen LogP contribution in [0.3, 0.4) is 0 Å². The van der Waals surface area contributed by atoms with Gasteiger partial charge < -0.3 is 11.1 Å². The van der Waals surface area contributed by atoms with Crippen molar-refractivity contribution in [3.05, 3.63) is 59.9 Å². The van der Waals surface area contributed by atoms with Gasteiger partial charge in [-0.2, -0.15) is 0 Å². The monoisotopic (exact) mass is 297 g/mol. The van der Waals surface area contributed by atoms with E-state index in [-0.39, 0.29) is 11.3 Å². The summed E-state index contributed by atoms with van der Waals surface area (Å²) < 4.78 is 0. The standard InChI is InChI=1S/C18H23N3O/c1-18(2,3)16(19)17(22)21-15-6-4-13(5-7-15)12-14-8-10-20-11-9-14/h4-11,16H,12,19H2,1-3H3,(H,21,22)/t16-/m1/s1. The molecule has 116 valence electrons. The van der Waals surface area contributed by atoms with Crippen molar-refractivity contribution < 1.29 is 4.79 Å². The molecule has 0 fully saturated rings. The Balaban J connectivity index is 1.99. The van der Waals surface area contributed by atoms with Crippen molar-refractivity contribution in [2.45, 2.75) is 33.2 Å². The molecule has 0 aliphatic heterocycles. The number of amides is 1. The van der Waals surface area contributed by atoms with Gasteiger partial charge in [0.2, 0.25) is 5.91 Å². The molecule has 4 nitrogen and oxygen atoms in total. The molecule has 0 aliphatic rings. The minimum atomic E-state index is -0.538. The van der Waals surface area contributed by atoms with E-state index in [2.05, 4.69) is 10.3 Å². The summed E-state index contributed by atoms with van der Waals surface area (Å²) in [4.78, 5) is 16.1. The lowest BCUT2D eigenvalue weighted by Crippen LogP contribution is -2.45. The molecule has 3 N–H and O–H groups in total. The molecular weight excluding hydrogens is 274 g/mol. The fourth-order valence-electron chi connectivity index (χ4n) is 2.06. The highest BCUT2D eigenvalue weighted by Gasteiger charge is 2.27. The lowest BCUT2D eigenvalue weighted by atomic mass is 9.87. The van der Waals surface area contributed by atoms with Crippen LogP contribution in [-0.4, -0.2) is 16.9 Å². The van der Waals surface area contributed by atoms with Crippen molar-refractivity contribution in [3.63, 3.8) is 0 Å². The Morgan fingerprint density at radius 3 is 2.18 bits per heavy atom. The maximum atomic E-state index is 12.1. The fraction of sp³-hybridized carbons (Fsp3) is 0.333. The van der Waals surface area contributed by atoms with Crippen LogP contribution >= 0.6 is 0 Å². The highest BCUT2D eigenvalue weighted by Crippen LogP contribution is 2.19. The molecule has 2 rings (SSSR count). The topological polar surface area (TPSA) is 68.0 Å². The first-order valence-corrected chi connectivity index (χ1v) is 7.40. The van der Waals surface area contributed by atoms with Gasteiger partial charge in [-0.25, -0.2) is 0 Å². The summed E-state index contributed by atoms with van der Waals surface area (Å²) in [7, 11) is 0. The van der Waals surface area contributed by atoms with Crippen molar-refractivity contribution in [2.24, 2.45) is 11.1 Å². The number of hydrogen-bond acceptors (Lipinski definition) is 3. The van der Waals surface area contributed by atoms with E-state index >= 15 is 0 Å². The van der Waals surface area contributed by atoms with Gasteiger partial charge in [0, 0.05) is 18.1 Å². The largest absolute Gasteiger partial charge is 0.325 e. The summed E-state index contributed by atoms with van der Waals surface area (Å²) in [5.41, 5.74) is 8.86. The second-order valence-corrected chi connectivity index (χ2v) is 6.56. The second kappa shape index (κ2) is 6.71. The van der Waals surface area contributed by atoms with Gasteiger partial charge in [0.1, 0.15) is 0 Å². The van der Waals surface area contributed by atoms with Gasteiger partial charge in [-0.3, -0.25) is 9.78 Å². The van der Waals surface area contributed by atoms with Gasteiger partial charge in [0.05, 0.1) is 6.04 Å². The number of anilines is 1. The van der Waals surface area contributed by atoms with E-state index in [1.165, 1.54) is 11.1 Å². The Hall–Kier alpha value is -2.20. The Kier molecular flexibility index (Phi) is 4.93. The minimum absolute atomic E-state index is 0.158. The molecule has 0 bridgehead atoms. The normalized spacial score (nSPS) is 12.7. The number of nitrogens with one attached hydrogen (secondary N) is 1. The van der Waals surface area contributed by atoms with E-state index in [1.807, 2.05) is 57.2 Å². The number of pyridine rings is 1. The SMILES string of the molecule is CC(C)(C)[C@H](N)C(=O)Nc1ccc(Cc2ccncc2)cc1. The van der Waals surface area contributed by atoms with Crippen LogP contribution in [0.25, 0.3) is 0 Å². The molecule has 22 heavy (non-hydrogen) atoms. The predicted octanol–water partition coefficient (Wildman–Crippen LogP) is 2.98. The van der Waals surface area contributed by atoms with E-state index < -0.39 is 6.04 Å². The second-order valence-electron chi connectivity index (χ2n) is 6.56. The van der Waals surface area contributed by atoms with Crippen LogP contribution in [0, 0.1) is 5.41 Å². The van der Waals surface area contributed by atoms with Gasteiger partial charge in [0.15, 0.2) is 0 Å². The van der Waals surface area contributed by atoms with Gasteiger partial charge >= 0.3 is 0 Å². The van der Waals surface area contributed by atoms with Crippen molar-refractivity contribution in [1.29, 1.82) is 0 Å². The Labute approximate surface area is 131 Å². The molecule has 0 radical (unpaired) electrons. The number of rotatable bonds is 4. The first kappa shape index (κ1) is 16.2. The van der Waals surface area contributed by atoms with E-state index in [9.17, 15) is 4.79 Å². The number of carbonyl (C=O) groups is 1. The van der Waals surface area contributed by atoms with E-state index in [0.29, 0.717) is 0 Å². The lowest BCUT2D eigenvalue weighted by Gasteiger charge is -2.25. The summed E-state index contributed by atoms with van der Waals surface area (Å²) in [5, 5.41) is 2.87. The Morgan fingerprint density at radius 2 is 1.64 bits per heavy atom. The maximum absolute atomic E-state index is 12.1. The zero-order valence-electron chi connectivity index (χ0n) is 13.3. The molecule has 4 heteroatoms. The zero-order valence-corrected chi connectivity index (χ0v) is 13.3. The molecule has 0 spiro atoms. The van der Waals surface area contributed by atoms with Crippen LogP contribution < -0.4 is 11.1 Å². The Morgan fingerprint density at radius 1 is 1.09 bits per heavy atom. The summed E-state index contributed by atoms with van der Waals surface area (Å²) in [5.74, 6) is -0.158. The van der Waals surface area contributed by atoms with Gasteiger partial charge in [-0.1, -0.05) is 32.9 Å². The summed E-state index contributed by atoms with van der Waals surface area (Å²) in [6, 6.07) is 11.3. The average Bonchev–Trinajstić information content (AvgIpc) is 2.48. The molecule has 0 saturated carbocycles. The third-order valence-electron chi connectivity index (χ3n) is 3.59. The summed E-state index contributed by atoms with van der Waals surface area (Å²) >= 11 is 0. The first-order chi connectivity index (χ1) is 10.4. The van der Waals surface area contributed by atoms with Crippen molar-refractivity contribution >= 4 is 11.6 Å². The van der Waals surface area contributed by atoms with E-state index in [0.717, 1.165) is 12.1 Å². The molecule has 2 aromatic rings. The van der Waals surface area contributed by atoms with Gasteiger partial charge in [-0.15, -0.1) is 0 Å². The fourth-order valence-corrected chi connectivity index (χ4v) is 2.06. The predicted molar refractivity (Wildman–Crippen MR) is 89.5 cm³/mol. The quantitative estimate of drug-likeness (QED) is 0.911. The third-order valence-corrected chi connectivity index (χ3v) is 3.59. The first-order valence-electron chi connectivity index (χ1n) is 7.40. The minimum Gasteiger partial charge on any atom is -0.325 e. The van der Waals surface area contributed by atoms with Crippen molar-refractivity contribution in [1.82, 2.24) is 4.98 Å². The van der Waals surface area contributed by atoms with Crippen molar-refractivity contribution in [3.8, 4) is 0 Å². The number of nitrogens with zero attached hydrogens (tertiary/aromatic N) is 1. The van der Waals surface area contributed by atoms with Crippen LogP contribution in [0.4, 0.5) is 5.69 Å². The van der Waals surface area contributed by atoms with E-state index in [4.69, 9.17) is 5.73 Å². The smallest absolute Gasteiger partial charge is 0.241 e. The molecule has 0 aliphatic carbocycles. The summed E-state index contributed by atoms with van der Waals surface area (Å²) in [6.45, 7) is 5.86. The van der Waals surface area contributed by atoms with Gasteiger partial charge in [-0.05, 0) is 47.2 Å². The van der Waals surface area contributed by atoms with Crippen LogP contribution in [0.5, 0.6) is 0 Å². The maximum Gasteiger partial charge on any atom is 0.241 e. The highest BCUT2D eigenvalue weighted by molar-refractivity contribution is 5.95. The third kappa shape index (κ3) is 4.40. The summed E-state index contributed by atoms with van der Waals surface area (Å²) in [6.07, 6.45) is 4.42. The number of hydrogen-bond donors (Lipinski definition) is 2. The molecule has 1 atom stereocenters. The Bertz CT molecular complexity index is 615. The van der Waals surface area contributed by atoms with Crippen molar-refractivity contribution in [2.75, 3.05) is 5.32 Å². The molecule has 1 aromatic heterocycles. The van der Waals surface area contributed by atoms with Crippen LogP contribution in [0.1, 0.15) is 31.9 Å². The number of carbonyl (C=O) groups excluding carboxylic acids is 1. The van der Waals surface area contributed by atoms with Gasteiger partial charge in [0.25, 0.3) is 0 Å². The molecular formula is C18H23N3O. The van der Waals surface area contributed by atoms with Crippen LogP contribution in [-0.2, 0) is 11.2 Å². The highest BCUT2D eigenvalue weighted by atomic mass is 16.2. The molecule has 1 aromatic carbocycles. The van der Waals surface area contributed by atoms with Crippen LogP contribution in [0.15, 0.2) is 48.8 Å².